The number of rotatable bonds is 3. The molecule has 3 fully saturated rings. The Morgan fingerprint density at radius 3 is 2.35 bits per heavy atom. The summed E-state index contributed by atoms with van der Waals surface area (Å²) in [6.07, 6.45) is 11.6. The van der Waals surface area contributed by atoms with E-state index in [1.807, 2.05) is 7.05 Å². The van der Waals surface area contributed by atoms with Crippen molar-refractivity contribution in [1.82, 2.24) is 14.5 Å². The van der Waals surface area contributed by atoms with Gasteiger partial charge in [-0.3, -0.25) is 4.99 Å². The summed E-state index contributed by atoms with van der Waals surface area (Å²) >= 11 is 0. The number of nitrogens with zero attached hydrogens (tertiary/aromatic N) is 3. The van der Waals surface area contributed by atoms with Crippen LogP contribution in [0.3, 0.4) is 0 Å². The minimum Gasteiger partial charge on any atom is -0.355 e. The average molecular weight is 498 g/mol. The maximum atomic E-state index is 11.9. The Morgan fingerprint density at radius 2 is 1.73 bits per heavy atom. The van der Waals surface area contributed by atoms with Gasteiger partial charge < -0.3 is 10.2 Å². The molecule has 1 aliphatic carbocycles. The molecule has 0 unspecified atom stereocenters. The van der Waals surface area contributed by atoms with Crippen molar-refractivity contribution in [2.24, 2.45) is 10.4 Å². The van der Waals surface area contributed by atoms with Gasteiger partial charge in [-0.15, -0.1) is 24.0 Å². The molecular weight excluding hydrogens is 463 g/mol. The van der Waals surface area contributed by atoms with E-state index in [1.54, 1.807) is 4.31 Å². The maximum Gasteiger partial charge on any atom is 0.214 e. The van der Waals surface area contributed by atoms with E-state index in [0.717, 1.165) is 25.5 Å². The van der Waals surface area contributed by atoms with Gasteiger partial charge in [0, 0.05) is 39.8 Å². The summed E-state index contributed by atoms with van der Waals surface area (Å²) in [4.78, 5) is 6.89. The lowest BCUT2D eigenvalue weighted by Gasteiger charge is -2.44. The molecule has 0 aromatic heterocycles. The summed E-state index contributed by atoms with van der Waals surface area (Å²) < 4.78 is 25.4. The molecule has 2 heterocycles. The Labute approximate surface area is 176 Å². The minimum atomic E-state index is -3.00. The predicted octanol–water partition coefficient (Wildman–Crippen LogP) is 2.65. The van der Waals surface area contributed by atoms with Crippen LogP contribution in [0.1, 0.15) is 57.8 Å². The van der Waals surface area contributed by atoms with Crippen LogP contribution >= 0.6 is 24.0 Å². The molecule has 3 aliphatic rings. The molecule has 0 atom stereocenters. The minimum absolute atomic E-state index is 0. The van der Waals surface area contributed by atoms with Crippen LogP contribution in [0.5, 0.6) is 0 Å². The lowest BCUT2D eigenvalue weighted by molar-refractivity contribution is 0.115. The van der Waals surface area contributed by atoms with Gasteiger partial charge in [0.2, 0.25) is 10.0 Å². The Morgan fingerprint density at radius 1 is 1.04 bits per heavy atom. The van der Waals surface area contributed by atoms with Gasteiger partial charge in [-0.2, -0.15) is 0 Å². The maximum absolute atomic E-state index is 11.9. The summed E-state index contributed by atoms with van der Waals surface area (Å²) in [5.41, 5.74) is 0.477. The highest BCUT2D eigenvalue weighted by Gasteiger charge is 2.36. The second-order valence-corrected chi connectivity index (χ2v) is 10.1. The third-order valence-electron chi connectivity index (χ3n) is 6.18. The van der Waals surface area contributed by atoms with Gasteiger partial charge in [-0.25, -0.2) is 12.7 Å². The lowest BCUT2D eigenvalue weighted by Crippen LogP contribution is -2.51. The molecule has 2 saturated heterocycles. The van der Waals surface area contributed by atoms with E-state index in [0.29, 0.717) is 30.8 Å². The Kier molecular flexibility index (Phi) is 8.46. The number of hydrogen-bond acceptors (Lipinski definition) is 3. The fourth-order valence-corrected chi connectivity index (χ4v) is 6.37. The van der Waals surface area contributed by atoms with Crippen LogP contribution in [0.4, 0.5) is 0 Å². The molecule has 0 amide bonds. The zero-order chi connectivity index (χ0) is 17.8. The van der Waals surface area contributed by atoms with E-state index in [4.69, 9.17) is 0 Å². The van der Waals surface area contributed by atoms with Crippen molar-refractivity contribution in [2.45, 2.75) is 57.8 Å². The van der Waals surface area contributed by atoms with Crippen LogP contribution in [-0.4, -0.2) is 69.1 Å². The summed E-state index contributed by atoms with van der Waals surface area (Å²) in [6.45, 7) is 4.00. The number of piperidine rings is 1. The monoisotopic (exact) mass is 498 g/mol. The van der Waals surface area contributed by atoms with E-state index >= 15 is 0 Å². The molecule has 1 saturated carbocycles. The first-order chi connectivity index (χ1) is 12.0. The normalized spacial score (nSPS) is 26.3. The third-order valence-corrected chi connectivity index (χ3v) is 8.14. The first-order valence-corrected chi connectivity index (χ1v) is 11.6. The number of hydrogen-bond donors (Lipinski definition) is 1. The number of aliphatic imine (C=N–C) groups is 1. The van der Waals surface area contributed by atoms with Crippen molar-refractivity contribution in [2.75, 3.05) is 45.5 Å². The topological polar surface area (TPSA) is 65.0 Å². The molecule has 6 nitrogen and oxygen atoms in total. The summed E-state index contributed by atoms with van der Waals surface area (Å²) in [7, 11) is -1.17. The lowest BCUT2D eigenvalue weighted by atomic mass is 9.74. The first-order valence-electron chi connectivity index (χ1n) is 9.98. The summed E-state index contributed by atoms with van der Waals surface area (Å²) in [5.74, 6) is 1.25. The smallest absolute Gasteiger partial charge is 0.214 e. The zero-order valence-corrected chi connectivity index (χ0v) is 19.2. The number of guanidine groups is 1. The van der Waals surface area contributed by atoms with E-state index in [9.17, 15) is 8.42 Å². The van der Waals surface area contributed by atoms with E-state index in [1.165, 1.54) is 51.4 Å². The van der Waals surface area contributed by atoms with Crippen LogP contribution in [0.2, 0.25) is 0 Å². The molecule has 0 bridgehead atoms. The fourth-order valence-electron chi connectivity index (χ4n) is 4.84. The first kappa shape index (κ1) is 22.2. The van der Waals surface area contributed by atoms with Crippen LogP contribution in [0, 0.1) is 5.41 Å². The number of sulfonamides is 1. The van der Waals surface area contributed by atoms with E-state index < -0.39 is 10.0 Å². The van der Waals surface area contributed by atoms with Gasteiger partial charge >= 0.3 is 0 Å². The van der Waals surface area contributed by atoms with Crippen LogP contribution in [0.15, 0.2) is 4.99 Å². The molecule has 0 aromatic carbocycles. The fraction of sp³-hybridized carbons (Fsp3) is 0.944. The molecule has 0 radical (unpaired) electrons. The Hall–Kier alpha value is -0.0900. The number of halogens is 1. The summed E-state index contributed by atoms with van der Waals surface area (Å²) in [5, 5.41) is 3.41. The second-order valence-electron chi connectivity index (χ2n) is 7.98. The van der Waals surface area contributed by atoms with Crippen LogP contribution in [0.25, 0.3) is 0 Å². The average Bonchev–Trinajstić information content (AvgIpc) is 2.79. The Bertz CT molecular complexity index is 574. The molecule has 8 heteroatoms. The van der Waals surface area contributed by atoms with Crippen molar-refractivity contribution >= 4 is 40.0 Å². The predicted molar refractivity (Wildman–Crippen MR) is 118 cm³/mol. The van der Waals surface area contributed by atoms with Crippen molar-refractivity contribution in [3.05, 3.63) is 0 Å². The summed E-state index contributed by atoms with van der Waals surface area (Å²) in [6, 6.07) is 0. The molecule has 1 N–H and O–H groups in total. The third kappa shape index (κ3) is 5.47. The SMILES string of the molecule is CN=C(NCCN1CCCS1(=O)=O)N1CCCC2(CCCCCC2)C1.I. The standard InChI is InChI=1S/C18H34N4O2S.HI/c1-19-17(20-11-14-22-13-7-15-25(22,23)24)21-12-6-10-18(16-21)8-4-2-3-5-9-18;/h2-16H2,1H3,(H,19,20);1H. The highest BCUT2D eigenvalue weighted by Crippen LogP contribution is 2.42. The largest absolute Gasteiger partial charge is 0.355 e. The second kappa shape index (κ2) is 9.91. The molecule has 26 heavy (non-hydrogen) atoms. The zero-order valence-electron chi connectivity index (χ0n) is 16.1. The van der Waals surface area contributed by atoms with Gasteiger partial charge in [0.05, 0.1) is 5.75 Å². The molecule has 0 aromatic rings. The number of nitrogens with one attached hydrogen (secondary N) is 1. The molecular formula is C18H35IN4O2S. The molecule has 3 rings (SSSR count). The molecule has 152 valence electrons. The molecule has 2 aliphatic heterocycles. The van der Waals surface area contributed by atoms with Crippen molar-refractivity contribution in [3.63, 3.8) is 0 Å². The highest BCUT2D eigenvalue weighted by atomic mass is 127. The van der Waals surface area contributed by atoms with E-state index in [-0.39, 0.29) is 24.0 Å². The van der Waals surface area contributed by atoms with Crippen molar-refractivity contribution in [3.8, 4) is 0 Å². The number of likely N-dealkylation sites (tertiary alicyclic amines) is 1. The van der Waals surface area contributed by atoms with Gasteiger partial charge in [0.1, 0.15) is 0 Å². The highest BCUT2D eigenvalue weighted by molar-refractivity contribution is 14.0. The van der Waals surface area contributed by atoms with Crippen molar-refractivity contribution in [1.29, 1.82) is 0 Å². The van der Waals surface area contributed by atoms with Crippen molar-refractivity contribution < 1.29 is 8.42 Å². The van der Waals surface area contributed by atoms with Gasteiger partial charge in [0.15, 0.2) is 5.96 Å². The quantitative estimate of drug-likeness (QED) is 0.369. The molecule has 1 spiro atoms. The van der Waals surface area contributed by atoms with Gasteiger partial charge in [-0.1, -0.05) is 25.7 Å². The van der Waals surface area contributed by atoms with E-state index in [2.05, 4.69) is 15.2 Å². The van der Waals surface area contributed by atoms with Gasteiger partial charge in [0.25, 0.3) is 0 Å². The van der Waals surface area contributed by atoms with Crippen LogP contribution in [-0.2, 0) is 10.0 Å². The van der Waals surface area contributed by atoms with Gasteiger partial charge in [-0.05, 0) is 37.5 Å². The Balaban J connectivity index is 0.00000243. The van der Waals surface area contributed by atoms with Crippen LogP contribution < -0.4 is 5.32 Å².